The molecule has 0 spiro atoms. The largest absolute Gasteiger partial charge is 0.468 e. The van der Waals surface area contributed by atoms with Crippen molar-refractivity contribution in [3.05, 3.63) is 77.2 Å². The average molecular weight is 508 g/mol. The predicted octanol–water partition coefficient (Wildman–Crippen LogP) is 3.15. The Morgan fingerprint density at radius 2 is 1.52 bits per heavy atom. The highest BCUT2D eigenvalue weighted by molar-refractivity contribution is 7.93. The van der Waals surface area contributed by atoms with Crippen LogP contribution in [0.2, 0.25) is 0 Å². The van der Waals surface area contributed by atoms with Crippen molar-refractivity contribution in [3.63, 3.8) is 0 Å². The van der Waals surface area contributed by atoms with E-state index in [1.165, 1.54) is 48.9 Å². The number of esters is 1. The van der Waals surface area contributed by atoms with E-state index in [1.54, 1.807) is 32.0 Å². The lowest BCUT2D eigenvalue weighted by molar-refractivity contribution is -0.146. The Morgan fingerprint density at radius 1 is 0.909 bits per heavy atom. The first kappa shape index (κ1) is 24.6. The molecule has 0 bridgehead atoms. The van der Waals surface area contributed by atoms with Crippen LogP contribution in [0.1, 0.15) is 29.8 Å². The molecule has 0 fully saturated rings. The molecular formula is C22H21NO7S3. The van der Waals surface area contributed by atoms with Crippen molar-refractivity contribution < 1.29 is 31.2 Å². The molecule has 174 valence electrons. The fourth-order valence-corrected chi connectivity index (χ4v) is 6.84. The summed E-state index contributed by atoms with van der Waals surface area (Å²) in [5, 5.41) is 1.21. The molecule has 1 amide bonds. The van der Waals surface area contributed by atoms with Crippen LogP contribution in [0.25, 0.3) is 0 Å². The van der Waals surface area contributed by atoms with Crippen LogP contribution in [-0.4, -0.2) is 35.8 Å². The highest BCUT2D eigenvalue weighted by Gasteiger charge is 2.31. The SMILES string of the molecule is COC(=O)C(C)(C)c1ccc(C(=O)NS(=O)(=O)c2cc(S(=O)(=O)c3ccccc3)cs2)cc1. The summed E-state index contributed by atoms with van der Waals surface area (Å²) in [4.78, 5) is 24.3. The first-order valence-electron chi connectivity index (χ1n) is 9.54. The summed E-state index contributed by atoms with van der Waals surface area (Å²) in [6.07, 6.45) is 0. The number of ether oxygens (including phenoxy) is 1. The van der Waals surface area contributed by atoms with Gasteiger partial charge in [0.1, 0.15) is 4.21 Å². The van der Waals surface area contributed by atoms with Gasteiger partial charge in [-0.1, -0.05) is 30.3 Å². The van der Waals surface area contributed by atoms with Crippen molar-refractivity contribution in [1.82, 2.24) is 4.72 Å². The molecule has 33 heavy (non-hydrogen) atoms. The normalized spacial score (nSPS) is 12.2. The Balaban J connectivity index is 1.80. The summed E-state index contributed by atoms with van der Waals surface area (Å²) in [6.45, 7) is 3.33. The second kappa shape index (κ2) is 9.08. The van der Waals surface area contributed by atoms with Crippen LogP contribution < -0.4 is 4.72 Å². The molecule has 0 aliphatic heterocycles. The van der Waals surface area contributed by atoms with Crippen molar-refractivity contribution in [2.75, 3.05) is 7.11 Å². The molecule has 1 aromatic heterocycles. The number of methoxy groups -OCH3 is 1. The van der Waals surface area contributed by atoms with Crippen molar-refractivity contribution in [2.24, 2.45) is 0 Å². The molecule has 0 unspecified atom stereocenters. The van der Waals surface area contributed by atoms with Gasteiger partial charge in [-0.3, -0.25) is 9.59 Å². The fourth-order valence-electron chi connectivity index (χ4n) is 2.96. The molecule has 1 N–H and O–H groups in total. The molecule has 1 heterocycles. The Morgan fingerprint density at radius 3 is 2.09 bits per heavy atom. The van der Waals surface area contributed by atoms with E-state index in [4.69, 9.17) is 4.74 Å². The molecule has 3 rings (SSSR count). The minimum atomic E-state index is -4.30. The van der Waals surface area contributed by atoms with Crippen LogP contribution in [0.4, 0.5) is 0 Å². The molecule has 0 aliphatic rings. The summed E-state index contributed by atoms with van der Waals surface area (Å²) < 4.78 is 57.1. The van der Waals surface area contributed by atoms with Gasteiger partial charge in [0.05, 0.1) is 22.3 Å². The van der Waals surface area contributed by atoms with Gasteiger partial charge in [-0.05, 0) is 49.7 Å². The lowest BCUT2D eigenvalue weighted by atomic mass is 9.84. The van der Waals surface area contributed by atoms with Gasteiger partial charge in [-0.15, -0.1) is 11.3 Å². The lowest BCUT2D eigenvalue weighted by Gasteiger charge is -2.22. The first-order chi connectivity index (χ1) is 15.4. The van der Waals surface area contributed by atoms with E-state index in [1.807, 2.05) is 4.72 Å². The number of hydrogen-bond donors (Lipinski definition) is 1. The van der Waals surface area contributed by atoms with E-state index < -0.39 is 37.2 Å². The monoisotopic (exact) mass is 507 g/mol. The Kier molecular flexibility index (Phi) is 6.78. The number of nitrogens with one attached hydrogen (secondary N) is 1. The Labute approximate surface area is 196 Å². The first-order valence-corrected chi connectivity index (χ1v) is 13.4. The van der Waals surface area contributed by atoms with Crippen molar-refractivity contribution in [1.29, 1.82) is 0 Å². The average Bonchev–Trinajstić information content (AvgIpc) is 3.31. The summed E-state index contributed by atoms with van der Waals surface area (Å²) in [6, 6.07) is 14.5. The third kappa shape index (κ3) is 5.00. The number of sulfone groups is 1. The molecule has 0 saturated carbocycles. The lowest BCUT2D eigenvalue weighted by Crippen LogP contribution is -2.31. The number of amides is 1. The van der Waals surface area contributed by atoms with Gasteiger partial charge < -0.3 is 4.74 Å². The van der Waals surface area contributed by atoms with E-state index in [2.05, 4.69) is 0 Å². The number of sulfonamides is 1. The van der Waals surface area contributed by atoms with E-state index in [0.29, 0.717) is 16.9 Å². The molecule has 8 nitrogen and oxygen atoms in total. The molecule has 0 saturated heterocycles. The van der Waals surface area contributed by atoms with Gasteiger partial charge in [0, 0.05) is 10.9 Å². The minimum Gasteiger partial charge on any atom is -0.468 e. The smallest absolute Gasteiger partial charge is 0.315 e. The van der Waals surface area contributed by atoms with E-state index in [0.717, 1.165) is 6.07 Å². The summed E-state index contributed by atoms with van der Waals surface area (Å²) >= 11 is 0.693. The number of rotatable bonds is 7. The third-order valence-electron chi connectivity index (χ3n) is 4.97. The number of benzene rings is 2. The molecule has 3 aromatic rings. The van der Waals surface area contributed by atoms with Crippen LogP contribution in [0, 0.1) is 0 Å². The standard InChI is InChI=1S/C22H21NO7S3/c1-22(2,21(25)30-3)16-11-9-15(10-12-16)20(24)23-33(28,29)19-13-18(14-31-19)32(26,27)17-7-5-4-6-8-17/h4-14H,1-3H3,(H,23,24). The van der Waals surface area contributed by atoms with Gasteiger partial charge in [0.25, 0.3) is 15.9 Å². The quantitative estimate of drug-likeness (QED) is 0.487. The van der Waals surface area contributed by atoms with E-state index >= 15 is 0 Å². The molecule has 0 atom stereocenters. The molecule has 0 radical (unpaired) electrons. The van der Waals surface area contributed by atoms with E-state index in [9.17, 15) is 26.4 Å². The molecule has 2 aromatic carbocycles. The van der Waals surface area contributed by atoms with Crippen LogP contribution in [0.3, 0.4) is 0 Å². The van der Waals surface area contributed by atoms with Crippen LogP contribution in [0.5, 0.6) is 0 Å². The van der Waals surface area contributed by atoms with Gasteiger partial charge >= 0.3 is 5.97 Å². The second-order valence-electron chi connectivity index (χ2n) is 7.55. The predicted molar refractivity (Wildman–Crippen MR) is 122 cm³/mol. The number of thiophene rings is 1. The van der Waals surface area contributed by atoms with Crippen molar-refractivity contribution in [2.45, 2.75) is 33.3 Å². The highest BCUT2D eigenvalue weighted by atomic mass is 32.2. The van der Waals surface area contributed by atoms with Crippen molar-refractivity contribution >= 4 is 43.1 Å². The second-order valence-corrected chi connectivity index (χ2v) is 12.3. The molecule has 0 aliphatic carbocycles. The highest BCUT2D eigenvalue weighted by Crippen LogP contribution is 2.29. The van der Waals surface area contributed by atoms with Gasteiger partial charge in [0.2, 0.25) is 9.84 Å². The topological polar surface area (TPSA) is 124 Å². The van der Waals surface area contributed by atoms with E-state index in [-0.39, 0.29) is 19.6 Å². The molecule has 11 heteroatoms. The number of carbonyl (C=O) groups excluding carboxylic acids is 2. The molecular weight excluding hydrogens is 486 g/mol. The Bertz CT molecular complexity index is 1390. The number of carbonyl (C=O) groups is 2. The van der Waals surface area contributed by atoms with Crippen molar-refractivity contribution in [3.8, 4) is 0 Å². The fraction of sp³-hybridized carbons (Fsp3) is 0.182. The maximum absolute atomic E-state index is 12.7. The minimum absolute atomic E-state index is 0.0331. The number of hydrogen-bond acceptors (Lipinski definition) is 8. The van der Waals surface area contributed by atoms with Crippen LogP contribution >= 0.6 is 11.3 Å². The zero-order chi connectivity index (χ0) is 24.4. The van der Waals surface area contributed by atoms with Gasteiger partial charge in [-0.25, -0.2) is 21.6 Å². The maximum atomic E-state index is 12.7. The maximum Gasteiger partial charge on any atom is 0.315 e. The zero-order valence-corrected chi connectivity index (χ0v) is 20.4. The van der Waals surface area contributed by atoms with Crippen LogP contribution in [0.15, 0.2) is 80.0 Å². The summed E-state index contributed by atoms with van der Waals surface area (Å²) in [5.41, 5.74) is -0.313. The van der Waals surface area contributed by atoms with Gasteiger partial charge in [-0.2, -0.15) is 0 Å². The third-order valence-corrected chi connectivity index (χ3v) is 9.64. The zero-order valence-electron chi connectivity index (χ0n) is 17.9. The summed E-state index contributed by atoms with van der Waals surface area (Å²) in [5.74, 6) is -1.35. The summed E-state index contributed by atoms with van der Waals surface area (Å²) in [7, 11) is -6.92. The Hall–Kier alpha value is -3.02. The van der Waals surface area contributed by atoms with Gasteiger partial charge in [0.15, 0.2) is 0 Å². The van der Waals surface area contributed by atoms with Crippen LogP contribution in [-0.2, 0) is 34.8 Å².